The predicted molar refractivity (Wildman–Crippen MR) is 86.9 cm³/mol. The summed E-state index contributed by atoms with van der Waals surface area (Å²) in [4.78, 5) is 23.7. The zero-order chi connectivity index (χ0) is 15.1. The SMILES string of the molecule is CC(N)CCNC(=O)C(C)NC(=O)c1ccc(Cl)cc1.Cl. The molecular formula is C14H21Cl2N3O2. The summed E-state index contributed by atoms with van der Waals surface area (Å²) >= 11 is 5.75. The monoisotopic (exact) mass is 333 g/mol. The third kappa shape index (κ3) is 7.32. The van der Waals surface area contributed by atoms with Crippen molar-refractivity contribution in [2.75, 3.05) is 6.54 Å². The smallest absolute Gasteiger partial charge is 0.251 e. The third-order valence-corrected chi connectivity index (χ3v) is 3.00. The fourth-order valence-corrected chi connectivity index (χ4v) is 1.65. The number of hydrogen-bond acceptors (Lipinski definition) is 3. The zero-order valence-electron chi connectivity index (χ0n) is 12.1. The maximum atomic E-state index is 11.9. The molecular weight excluding hydrogens is 313 g/mol. The minimum Gasteiger partial charge on any atom is -0.354 e. The summed E-state index contributed by atoms with van der Waals surface area (Å²) < 4.78 is 0. The Bertz CT molecular complexity index is 464. The van der Waals surface area contributed by atoms with Crippen LogP contribution in [0.15, 0.2) is 24.3 Å². The van der Waals surface area contributed by atoms with E-state index < -0.39 is 6.04 Å². The van der Waals surface area contributed by atoms with Crippen molar-refractivity contribution in [2.24, 2.45) is 5.73 Å². The molecule has 0 aliphatic rings. The van der Waals surface area contributed by atoms with E-state index in [-0.39, 0.29) is 30.3 Å². The van der Waals surface area contributed by atoms with Crippen molar-refractivity contribution in [1.82, 2.24) is 10.6 Å². The van der Waals surface area contributed by atoms with Gasteiger partial charge in [0.05, 0.1) is 0 Å². The molecule has 21 heavy (non-hydrogen) atoms. The second kappa shape index (κ2) is 9.60. The standard InChI is InChI=1S/C14H20ClN3O2.ClH/c1-9(16)7-8-17-13(19)10(2)18-14(20)11-3-5-12(15)6-4-11;/h3-6,9-10H,7-8,16H2,1-2H3,(H,17,19)(H,18,20);1H. The number of halogens is 2. The number of hydrogen-bond donors (Lipinski definition) is 3. The Morgan fingerprint density at radius 1 is 1.24 bits per heavy atom. The van der Waals surface area contributed by atoms with Gasteiger partial charge in [-0.25, -0.2) is 0 Å². The largest absolute Gasteiger partial charge is 0.354 e. The summed E-state index contributed by atoms with van der Waals surface area (Å²) in [6.07, 6.45) is 0.698. The molecule has 0 aliphatic carbocycles. The van der Waals surface area contributed by atoms with Crippen LogP contribution in [0, 0.1) is 0 Å². The first-order valence-electron chi connectivity index (χ1n) is 6.50. The Kier molecular flexibility index (Phi) is 9.01. The van der Waals surface area contributed by atoms with Gasteiger partial charge < -0.3 is 16.4 Å². The average molecular weight is 334 g/mol. The lowest BCUT2D eigenvalue weighted by Crippen LogP contribution is -2.45. The molecule has 0 saturated carbocycles. The normalized spacial score (nSPS) is 12.8. The van der Waals surface area contributed by atoms with Crippen LogP contribution in [0.5, 0.6) is 0 Å². The van der Waals surface area contributed by atoms with Gasteiger partial charge in [-0.3, -0.25) is 9.59 Å². The van der Waals surface area contributed by atoms with Crippen molar-refractivity contribution in [3.63, 3.8) is 0 Å². The summed E-state index contributed by atoms with van der Waals surface area (Å²) in [7, 11) is 0. The highest BCUT2D eigenvalue weighted by Crippen LogP contribution is 2.09. The molecule has 5 nitrogen and oxygen atoms in total. The van der Waals surface area contributed by atoms with E-state index in [1.807, 2.05) is 6.92 Å². The van der Waals surface area contributed by atoms with Gasteiger partial charge in [0.25, 0.3) is 5.91 Å². The Morgan fingerprint density at radius 3 is 2.33 bits per heavy atom. The highest BCUT2D eigenvalue weighted by Gasteiger charge is 2.16. The number of benzene rings is 1. The fraction of sp³-hybridized carbons (Fsp3) is 0.429. The van der Waals surface area contributed by atoms with Crippen molar-refractivity contribution in [3.8, 4) is 0 Å². The van der Waals surface area contributed by atoms with Gasteiger partial charge in [0.2, 0.25) is 5.91 Å². The Morgan fingerprint density at radius 2 is 1.81 bits per heavy atom. The van der Waals surface area contributed by atoms with Crippen LogP contribution >= 0.6 is 24.0 Å². The molecule has 1 aromatic carbocycles. The molecule has 1 rings (SSSR count). The molecule has 7 heteroatoms. The second-order valence-corrected chi connectivity index (χ2v) is 5.20. The molecule has 0 spiro atoms. The molecule has 0 saturated heterocycles. The molecule has 0 fully saturated rings. The second-order valence-electron chi connectivity index (χ2n) is 4.76. The van der Waals surface area contributed by atoms with Crippen LogP contribution in [0.2, 0.25) is 5.02 Å². The first-order chi connectivity index (χ1) is 9.40. The molecule has 0 radical (unpaired) electrons. The maximum absolute atomic E-state index is 11.9. The highest BCUT2D eigenvalue weighted by molar-refractivity contribution is 6.30. The minimum atomic E-state index is -0.605. The van der Waals surface area contributed by atoms with Crippen LogP contribution in [-0.2, 0) is 4.79 Å². The molecule has 0 bridgehead atoms. The number of nitrogens with two attached hydrogens (primary N) is 1. The molecule has 0 aliphatic heterocycles. The lowest BCUT2D eigenvalue weighted by Gasteiger charge is -2.14. The number of amides is 2. The van der Waals surface area contributed by atoms with Gasteiger partial charge >= 0.3 is 0 Å². The topological polar surface area (TPSA) is 84.2 Å². The molecule has 2 unspecified atom stereocenters. The van der Waals surface area contributed by atoms with Crippen molar-refractivity contribution in [2.45, 2.75) is 32.4 Å². The van der Waals surface area contributed by atoms with Gasteiger partial charge in [-0.15, -0.1) is 12.4 Å². The first kappa shape index (κ1) is 19.7. The van der Waals surface area contributed by atoms with Gasteiger partial charge in [0.1, 0.15) is 6.04 Å². The maximum Gasteiger partial charge on any atom is 0.251 e. The van der Waals surface area contributed by atoms with E-state index in [0.717, 1.165) is 0 Å². The fourth-order valence-electron chi connectivity index (χ4n) is 1.52. The minimum absolute atomic E-state index is 0. The number of nitrogens with one attached hydrogen (secondary N) is 2. The quantitative estimate of drug-likeness (QED) is 0.741. The van der Waals surface area contributed by atoms with Crippen LogP contribution in [0.4, 0.5) is 0 Å². The molecule has 1 aromatic rings. The zero-order valence-corrected chi connectivity index (χ0v) is 13.6. The van der Waals surface area contributed by atoms with E-state index >= 15 is 0 Å². The average Bonchev–Trinajstić information content (AvgIpc) is 2.38. The summed E-state index contributed by atoms with van der Waals surface area (Å²) in [6, 6.07) is 5.91. The van der Waals surface area contributed by atoms with E-state index in [2.05, 4.69) is 10.6 Å². The van der Waals surface area contributed by atoms with E-state index in [4.69, 9.17) is 17.3 Å². The Labute approximate surface area is 136 Å². The lowest BCUT2D eigenvalue weighted by atomic mass is 10.2. The van der Waals surface area contributed by atoms with Crippen molar-refractivity contribution < 1.29 is 9.59 Å². The molecule has 2 amide bonds. The van der Waals surface area contributed by atoms with E-state index in [9.17, 15) is 9.59 Å². The van der Waals surface area contributed by atoms with Gasteiger partial charge in [0.15, 0.2) is 0 Å². The number of rotatable bonds is 6. The van der Waals surface area contributed by atoms with E-state index in [0.29, 0.717) is 23.6 Å². The predicted octanol–water partition coefficient (Wildman–Crippen LogP) is 1.73. The third-order valence-electron chi connectivity index (χ3n) is 2.75. The number of carbonyl (C=O) groups is 2. The number of carbonyl (C=O) groups excluding carboxylic acids is 2. The van der Waals surface area contributed by atoms with Crippen molar-refractivity contribution >= 4 is 35.8 Å². The van der Waals surface area contributed by atoms with Gasteiger partial charge in [-0.1, -0.05) is 11.6 Å². The van der Waals surface area contributed by atoms with Crippen LogP contribution in [0.3, 0.4) is 0 Å². The molecule has 118 valence electrons. The summed E-state index contributed by atoms with van der Waals surface area (Å²) in [6.45, 7) is 4.00. The van der Waals surface area contributed by atoms with Gasteiger partial charge in [0, 0.05) is 23.2 Å². The molecule has 2 atom stereocenters. The van der Waals surface area contributed by atoms with Crippen LogP contribution in [-0.4, -0.2) is 30.4 Å². The summed E-state index contributed by atoms with van der Waals surface area (Å²) in [5, 5.41) is 5.91. The molecule has 4 N–H and O–H groups in total. The lowest BCUT2D eigenvalue weighted by molar-refractivity contribution is -0.122. The van der Waals surface area contributed by atoms with Crippen molar-refractivity contribution in [1.29, 1.82) is 0 Å². The summed E-state index contributed by atoms with van der Waals surface area (Å²) in [5.41, 5.74) is 6.05. The Balaban J connectivity index is 0.00000400. The van der Waals surface area contributed by atoms with Crippen LogP contribution < -0.4 is 16.4 Å². The highest BCUT2D eigenvalue weighted by atomic mass is 35.5. The first-order valence-corrected chi connectivity index (χ1v) is 6.87. The molecule has 0 aromatic heterocycles. The van der Waals surface area contributed by atoms with E-state index in [1.165, 1.54) is 0 Å². The van der Waals surface area contributed by atoms with Gasteiger partial charge in [-0.05, 0) is 44.5 Å². The van der Waals surface area contributed by atoms with Crippen LogP contribution in [0.1, 0.15) is 30.6 Å². The Hall–Kier alpha value is -1.30. The van der Waals surface area contributed by atoms with Crippen molar-refractivity contribution in [3.05, 3.63) is 34.9 Å². The van der Waals surface area contributed by atoms with Gasteiger partial charge in [-0.2, -0.15) is 0 Å². The van der Waals surface area contributed by atoms with Crippen LogP contribution in [0.25, 0.3) is 0 Å². The summed E-state index contributed by atoms with van der Waals surface area (Å²) in [5.74, 6) is -0.538. The molecule has 0 heterocycles. The van der Waals surface area contributed by atoms with E-state index in [1.54, 1.807) is 31.2 Å².